The van der Waals surface area contributed by atoms with Gasteiger partial charge in [0.05, 0.1) is 27.4 Å². The molecule has 0 aliphatic carbocycles. The third-order valence-corrected chi connectivity index (χ3v) is 4.64. The number of hydrogen-bond donors (Lipinski definition) is 3. The highest BCUT2D eigenvalue weighted by Gasteiger charge is 2.07. The van der Waals surface area contributed by atoms with Crippen LogP contribution < -0.4 is 24.8 Å². The molecule has 2 aromatic carbocycles. The minimum atomic E-state index is -0.0470. The van der Waals surface area contributed by atoms with Gasteiger partial charge in [-0.3, -0.25) is 0 Å². The average Bonchev–Trinajstić information content (AvgIpc) is 2.77. The summed E-state index contributed by atoms with van der Waals surface area (Å²) in [6.07, 6.45) is 0.762. The number of halogens is 1. The number of nitrogens with one attached hydrogen (secondary N) is 2. The molecule has 2 aromatic rings. The van der Waals surface area contributed by atoms with Crippen LogP contribution in [0.1, 0.15) is 18.1 Å². The van der Waals surface area contributed by atoms with Crippen molar-refractivity contribution >= 4 is 17.6 Å². The molecule has 164 valence electrons. The Morgan fingerprint density at radius 3 is 2.57 bits per heavy atom. The second-order valence-corrected chi connectivity index (χ2v) is 6.79. The third-order valence-electron chi connectivity index (χ3n) is 4.29. The molecular weight excluding hydrogens is 406 g/mol. The average molecular weight is 436 g/mol. The van der Waals surface area contributed by atoms with Crippen LogP contribution >= 0.6 is 11.6 Å². The summed E-state index contributed by atoms with van der Waals surface area (Å²) in [6, 6.07) is 11.3. The van der Waals surface area contributed by atoms with Crippen molar-refractivity contribution < 1.29 is 19.3 Å². The quantitative estimate of drug-likeness (QED) is 0.371. The van der Waals surface area contributed by atoms with E-state index in [1.807, 2.05) is 43.3 Å². The van der Waals surface area contributed by atoms with E-state index in [1.54, 1.807) is 14.2 Å². The van der Waals surface area contributed by atoms with E-state index in [9.17, 15) is 0 Å². The molecule has 2 rings (SSSR count). The molecule has 0 radical (unpaired) electrons. The highest BCUT2D eigenvalue weighted by Crippen LogP contribution is 2.28. The number of ether oxygens (including phenoxy) is 3. The lowest BCUT2D eigenvalue weighted by Gasteiger charge is -2.13. The van der Waals surface area contributed by atoms with Crippen LogP contribution in [0.5, 0.6) is 17.2 Å². The van der Waals surface area contributed by atoms with Gasteiger partial charge in [-0.1, -0.05) is 23.7 Å². The Kier molecular flexibility index (Phi) is 10.1. The summed E-state index contributed by atoms with van der Waals surface area (Å²) >= 11 is 6.31. The molecule has 7 nitrogen and oxygen atoms in total. The summed E-state index contributed by atoms with van der Waals surface area (Å²) in [5.41, 5.74) is 2.03. The monoisotopic (exact) mass is 435 g/mol. The number of nitrogens with zero attached hydrogens (tertiary/aromatic N) is 1. The number of rotatable bonds is 11. The number of aliphatic hydroxyl groups excluding tert-OH is 1. The smallest absolute Gasteiger partial charge is 0.191 e. The fourth-order valence-corrected chi connectivity index (χ4v) is 3.04. The van der Waals surface area contributed by atoms with Gasteiger partial charge >= 0.3 is 0 Å². The fraction of sp³-hybridized carbons (Fsp3) is 0.409. The first-order valence-corrected chi connectivity index (χ1v) is 10.2. The molecule has 0 heterocycles. The molecule has 0 bridgehead atoms. The van der Waals surface area contributed by atoms with E-state index < -0.39 is 0 Å². The first-order chi connectivity index (χ1) is 14.6. The third kappa shape index (κ3) is 7.31. The Morgan fingerprint density at radius 1 is 1.07 bits per heavy atom. The molecule has 0 atom stereocenters. The van der Waals surface area contributed by atoms with E-state index >= 15 is 0 Å². The van der Waals surface area contributed by atoms with Crippen molar-refractivity contribution in [3.63, 3.8) is 0 Å². The number of aliphatic imine (C=N–C) groups is 1. The Morgan fingerprint density at radius 2 is 1.90 bits per heavy atom. The minimum Gasteiger partial charge on any atom is -0.497 e. The zero-order chi connectivity index (χ0) is 21.8. The van der Waals surface area contributed by atoms with E-state index in [1.165, 1.54) is 0 Å². The maximum atomic E-state index is 8.91. The molecule has 0 aliphatic rings. The van der Waals surface area contributed by atoms with Crippen LogP contribution in [0.4, 0.5) is 0 Å². The molecule has 0 spiro atoms. The lowest BCUT2D eigenvalue weighted by molar-refractivity contribution is 0.196. The summed E-state index contributed by atoms with van der Waals surface area (Å²) in [4.78, 5) is 4.64. The Hall–Kier alpha value is -2.64. The van der Waals surface area contributed by atoms with Gasteiger partial charge in [-0.15, -0.1) is 0 Å². The van der Waals surface area contributed by atoms with Gasteiger partial charge in [0.25, 0.3) is 0 Å². The van der Waals surface area contributed by atoms with Crippen molar-refractivity contribution in [3.05, 3.63) is 52.5 Å². The van der Waals surface area contributed by atoms with Crippen molar-refractivity contribution in [3.8, 4) is 17.2 Å². The SMILES string of the molecule is CCNC(=NCc1ccc(OCCO)c(OC)c1)NCCc1ccc(OC)cc1Cl. The van der Waals surface area contributed by atoms with Gasteiger partial charge in [-0.05, 0) is 48.7 Å². The van der Waals surface area contributed by atoms with E-state index in [0.717, 1.165) is 35.8 Å². The van der Waals surface area contributed by atoms with Crippen molar-refractivity contribution in [2.24, 2.45) is 4.99 Å². The van der Waals surface area contributed by atoms with Gasteiger partial charge in [0.2, 0.25) is 0 Å². The van der Waals surface area contributed by atoms with Crippen LogP contribution in [-0.2, 0) is 13.0 Å². The van der Waals surface area contributed by atoms with Crippen LogP contribution in [0.2, 0.25) is 5.02 Å². The highest BCUT2D eigenvalue weighted by molar-refractivity contribution is 6.31. The molecule has 0 saturated heterocycles. The summed E-state index contributed by atoms with van der Waals surface area (Å²) in [7, 11) is 3.21. The molecule has 30 heavy (non-hydrogen) atoms. The lowest BCUT2D eigenvalue weighted by Crippen LogP contribution is -2.38. The Balaban J connectivity index is 1.97. The standard InChI is InChI=1S/C22H30ClN3O4/c1-4-24-22(25-10-9-17-6-7-18(28-2)14-19(17)23)26-15-16-5-8-20(30-12-11-27)21(13-16)29-3/h5-8,13-14,27H,4,9-12,15H2,1-3H3,(H2,24,25,26). The normalized spacial score (nSPS) is 11.2. The van der Waals surface area contributed by atoms with Crippen LogP contribution in [0.15, 0.2) is 41.4 Å². The highest BCUT2D eigenvalue weighted by atomic mass is 35.5. The molecule has 0 aliphatic heterocycles. The zero-order valence-electron chi connectivity index (χ0n) is 17.7. The van der Waals surface area contributed by atoms with E-state index in [4.69, 9.17) is 30.9 Å². The van der Waals surface area contributed by atoms with Crippen molar-refractivity contribution in [2.45, 2.75) is 19.9 Å². The summed E-state index contributed by atoms with van der Waals surface area (Å²) in [5.74, 6) is 2.68. The number of methoxy groups -OCH3 is 2. The molecule has 3 N–H and O–H groups in total. The summed E-state index contributed by atoms with van der Waals surface area (Å²) in [6.45, 7) is 4.12. The van der Waals surface area contributed by atoms with E-state index in [-0.39, 0.29) is 13.2 Å². The molecule has 0 unspecified atom stereocenters. The number of benzene rings is 2. The predicted octanol–water partition coefficient (Wildman–Crippen LogP) is 3.03. The van der Waals surface area contributed by atoms with Crippen molar-refractivity contribution in [1.82, 2.24) is 10.6 Å². The Labute approximate surface area is 183 Å². The van der Waals surface area contributed by atoms with Gasteiger partial charge < -0.3 is 30.0 Å². The van der Waals surface area contributed by atoms with E-state index in [2.05, 4.69) is 15.6 Å². The molecular formula is C22H30ClN3O4. The van der Waals surface area contributed by atoms with Crippen LogP contribution in [-0.4, -0.2) is 51.6 Å². The van der Waals surface area contributed by atoms with E-state index in [0.29, 0.717) is 29.6 Å². The summed E-state index contributed by atoms with van der Waals surface area (Å²) in [5, 5.41) is 16.2. The Bertz CT molecular complexity index is 830. The van der Waals surface area contributed by atoms with Gasteiger partial charge in [0.15, 0.2) is 17.5 Å². The van der Waals surface area contributed by atoms with Gasteiger partial charge in [-0.25, -0.2) is 4.99 Å². The fourth-order valence-electron chi connectivity index (χ4n) is 2.77. The van der Waals surface area contributed by atoms with Gasteiger partial charge in [-0.2, -0.15) is 0 Å². The first-order valence-electron chi connectivity index (χ1n) is 9.86. The first kappa shape index (κ1) is 23.6. The molecule has 0 saturated carbocycles. The van der Waals surface area contributed by atoms with Crippen LogP contribution in [0.3, 0.4) is 0 Å². The van der Waals surface area contributed by atoms with Crippen molar-refractivity contribution in [1.29, 1.82) is 0 Å². The predicted molar refractivity (Wildman–Crippen MR) is 120 cm³/mol. The topological polar surface area (TPSA) is 84.3 Å². The minimum absolute atomic E-state index is 0.0470. The van der Waals surface area contributed by atoms with Crippen LogP contribution in [0.25, 0.3) is 0 Å². The zero-order valence-corrected chi connectivity index (χ0v) is 18.5. The van der Waals surface area contributed by atoms with Gasteiger partial charge in [0.1, 0.15) is 12.4 Å². The summed E-state index contributed by atoms with van der Waals surface area (Å²) < 4.78 is 16.0. The largest absolute Gasteiger partial charge is 0.497 e. The van der Waals surface area contributed by atoms with Crippen LogP contribution in [0, 0.1) is 0 Å². The second kappa shape index (κ2) is 12.8. The number of hydrogen-bond acceptors (Lipinski definition) is 5. The molecule has 8 heteroatoms. The number of guanidine groups is 1. The maximum absolute atomic E-state index is 8.91. The van der Waals surface area contributed by atoms with Gasteiger partial charge in [0, 0.05) is 18.1 Å². The second-order valence-electron chi connectivity index (χ2n) is 6.39. The van der Waals surface area contributed by atoms with Crippen molar-refractivity contribution in [2.75, 3.05) is 40.5 Å². The molecule has 0 amide bonds. The number of aliphatic hydroxyl groups is 1. The lowest BCUT2D eigenvalue weighted by atomic mass is 10.1. The molecule has 0 fully saturated rings. The maximum Gasteiger partial charge on any atom is 0.191 e. The molecule has 0 aromatic heterocycles.